The predicted molar refractivity (Wildman–Crippen MR) is 409 cm³/mol. The maximum atomic E-state index is 12.4. The van der Waals surface area contributed by atoms with Crippen LogP contribution in [0.4, 0.5) is 36.2 Å². The molecule has 30 heteroatoms. The minimum atomic E-state index is -1.00. The standard InChI is InChI=1S/C19H16BrN3O2S2.C19H17N3O2S2.C13H14IN3O2.C12H15BO2S2.CH3F.CH4.BHNS/c1-11(12-6-4-3-5-7-12)25-19(24)22-18-13(10-21-23(18)2)14-8-15-16(26-14)9-17(20)27-15;1-12(13-6-4-3-5-7-13)24-19(23)21-18-14(11-20-22(18)2)16-10-17-15(26-16)8-9-25-17;1-9(10-6-4-3-5-7-10)19-13(18)16-12-11(14)8-15-17(12)2;1-11(2)12(3,4)15-13(14-11)10-7-9-8(17-10)5-6-16-9;1-2;;1-2-3/h3-11H,1-2H3,(H,22,24);3-12H,1-2H3,(H,21,23);3-9H,1-2H3,(H,16,18);5-7H,1-4H3;1H3;1H4;3H/t11-;12-;9-;;;;/m111..../s1/i;;;;1D;;. The Bertz CT molecular complexity index is 4340. The number of nitrogens with zero attached hydrogens (tertiary/aromatic N) is 7. The quantitative estimate of drug-likeness (QED) is 0.0393. The van der Waals surface area contributed by atoms with Gasteiger partial charge in [0.15, 0.2) is 0 Å². The molecule has 18 nitrogen and oxygen atoms in total. The third kappa shape index (κ3) is 19.8. The van der Waals surface area contributed by atoms with Crippen molar-refractivity contribution in [2.75, 3.05) is 23.1 Å². The van der Waals surface area contributed by atoms with Gasteiger partial charge in [0.2, 0.25) is 0 Å². The maximum absolute atomic E-state index is 12.4. The monoisotopic (exact) mass is 1590 g/mol. The fourth-order valence-electron chi connectivity index (χ4n) is 9.02. The summed E-state index contributed by atoms with van der Waals surface area (Å²) in [7, 11) is 8.48. The Morgan fingerprint density at radius 2 is 0.968 bits per heavy atom. The van der Waals surface area contributed by atoms with E-state index in [0.717, 1.165) is 44.9 Å². The molecule has 3 amide bonds. The van der Waals surface area contributed by atoms with Gasteiger partial charge in [0.05, 0.1) is 56.8 Å². The first-order valence-corrected chi connectivity index (χ1v) is 35.9. The summed E-state index contributed by atoms with van der Waals surface area (Å²) in [5.41, 5.74) is 4.12. The number of halogens is 3. The number of hydrogen-bond acceptors (Lipinski definition) is 19. The summed E-state index contributed by atoms with van der Waals surface area (Å²) in [5, 5.41) is 25.2. The van der Waals surface area contributed by atoms with E-state index in [9.17, 15) is 18.8 Å². The van der Waals surface area contributed by atoms with Crippen molar-refractivity contribution >= 4 is 203 Å². The van der Waals surface area contributed by atoms with Gasteiger partial charge in [-0.2, -0.15) is 15.3 Å². The van der Waals surface area contributed by atoms with E-state index < -0.39 is 25.4 Å². The van der Waals surface area contributed by atoms with Crippen LogP contribution in [0.1, 0.15) is 92.3 Å². The van der Waals surface area contributed by atoms with Crippen molar-refractivity contribution in [3.8, 4) is 20.9 Å². The number of rotatable bonds is 12. The predicted octanol–water partition coefficient (Wildman–Crippen LogP) is 20.1. The van der Waals surface area contributed by atoms with Crippen LogP contribution in [-0.4, -0.2) is 80.7 Å². The Kier molecular flexibility index (Phi) is 27.4. The first kappa shape index (κ1) is 74.2. The number of nitrogens with one attached hydrogen (secondary N) is 3. The molecular formula is C65H70B2BrFIN10O8S7. The molecule has 1 radical (unpaired) electrons. The van der Waals surface area contributed by atoms with Gasteiger partial charge < -0.3 is 23.5 Å². The summed E-state index contributed by atoms with van der Waals surface area (Å²) in [6.45, 7) is 13.9. The summed E-state index contributed by atoms with van der Waals surface area (Å²) < 4.78 is 62.2. The fourth-order valence-corrected chi connectivity index (χ4v) is 16.9. The molecule has 12 aromatic rings. The van der Waals surface area contributed by atoms with E-state index in [1.807, 2.05) is 112 Å². The van der Waals surface area contributed by atoms with Gasteiger partial charge in [-0.3, -0.25) is 34.4 Å². The van der Waals surface area contributed by atoms with Crippen molar-refractivity contribution in [2.24, 2.45) is 25.4 Å². The van der Waals surface area contributed by atoms with E-state index in [4.69, 9.17) is 24.9 Å². The second-order valence-electron chi connectivity index (χ2n) is 21.4. The average Bonchev–Trinajstić information content (AvgIpc) is 1.64. The Balaban J connectivity index is 0.000000178. The summed E-state index contributed by atoms with van der Waals surface area (Å²) in [6, 6.07) is 41.7. The first-order chi connectivity index (χ1) is 45.4. The number of carbonyl (C=O) groups excluding carboxylic acids is 3. The van der Waals surface area contributed by atoms with Gasteiger partial charge in [-0.15, -0.1) is 68.0 Å². The molecular weight excluding hydrogens is 1520 g/mol. The molecule has 1 saturated heterocycles. The van der Waals surface area contributed by atoms with Crippen molar-refractivity contribution in [3.05, 3.63) is 181 Å². The van der Waals surface area contributed by atoms with Crippen LogP contribution in [-0.2, 0) is 44.7 Å². The van der Waals surface area contributed by atoms with Crippen LogP contribution in [0.15, 0.2) is 165 Å². The molecule has 0 unspecified atom stereocenters. The molecule has 10 heterocycles. The van der Waals surface area contributed by atoms with Gasteiger partial charge in [0.1, 0.15) is 35.8 Å². The van der Waals surface area contributed by atoms with Crippen LogP contribution >= 0.6 is 119 Å². The van der Waals surface area contributed by atoms with Gasteiger partial charge in [0.25, 0.3) is 0 Å². The fraction of sp³-hybridized carbons (Fsp3) is 0.262. The third-order valence-corrected chi connectivity index (χ3v) is 22.4. The second-order valence-corrected chi connectivity index (χ2v) is 30.5. The molecule has 0 saturated carbocycles. The number of thiophene rings is 6. The molecule has 9 aromatic heterocycles. The number of benzene rings is 3. The molecule has 0 bridgehead atoms. The molecule has 497 valence electrons. The van der Waals surface area contributed by atoms with Crippen LogP contribution < -0.4 is 20.7 Å². The number of ether oxygens (including phenoxy) is 3. The normalized spacial score (nSPS) is 13.6. The summed E-state index contributed by atoms with van der Waals surface area (Å²) in [4.78, 5) is 38.8. The Labute approximate surface area is 606 Å². The molecule has 95 heavy (non-hydrogen) atoms. The van der Waals surface area contributed by atoms with E-state index in [1.54, 1.807) is 122 Å². The molecule has 1 fully saturated rings. The van der Waals surface area contributed by atoms with E-state index in [1.165, 1.54) is 33.0 Å². The van der Waals surface area contributed by atoms with E-state index >= 15 is 0 Å². The van der Waals surface area contributed by atoms with Gasteiger partial charge in [-0.05, 0) is 151 Å². The summed E-state index contributed by atoms with van der Waals surface area (Å²) >= 11 is 19.1. The number of alkyl halides is 1. The Morgan fingerprint density at radius 1 is 0.611 bits per heavy atom. The van der Waals surface area contributed by atoms with Crippen molar-refractivity contribution in [1.29, 1.82) is 0 Å². The molecule has 3 N–H and O–H groups in total. The number of fused-ring (bicyclic) bond motifs is 3. The number of aromatic nitrogens is 6. The molecule has 3 atom stereocenters. The van der Waals surface area contributed by atoms with Crippen molar-refractivity contribution in [2.45, 2.75) is 85.4 Å². The number of hydrogen-bond donors (Lipinski definition) is 4. The van der Waals surface area contributed by atoms with Crippen LogP contribution in [0.5, 0.6) is 0 Å². The number of aryl methyl sites for hydroxylation is 3. The average molecular weight is 1590 g/mol. The zero-order valence-electron chi connectivity index (χ0n) is 53.5. The molecule has 13 rings (SSSR count). The number of carbonyl (C=O) groups is 3. The summed E-state index contributed by atoms with van der Waals surface area (Å²) in [5.74, 6) is 1.88. The molecule has 0 aliphatic carbocycles. The van der Waals surface area contributed by atoms with Gasteiger partial charge in [-0.25, -0.2) is 14.4 Å². The van der Waals surface area contributed by atoms with E-state index in [-0.39, 0.29) is 44.1 Å². The van der Waals surface area contributed by atoms with Crippen LogP contribution in [0.3, 0.4) is 0 Å². The molecule has 0 spiro atoms. The third-order valence-electron chi connectivity index (χ3n) is 14.6. The SMILES string of the molecule is C.CC1(C)OB(c2cc3sccc3s2)OC1(C)C.C[C@@H](OC(=O)Nc1c(-c2cc3sc(Br)cc3s2)cnn1C)c1ccccc1.C[C@@H](OC(=O)Nc1c(-c2cc3sccc3s2)cnn1C)c1ccccc1.C[C@@H](OC(=O)Nc1c(I)cnn1C)c1ccccc1.[2H]CF.[B]=NS. The second kappa shape index (κ2) is 35.1. The van der Waals surface area contributed by atoms with Crippen molar-refractivity contribution in [1.82, 2.24) is 29.3 Å². The van der Waals surface area contributed by atoms with Gasteiger partial charge in [-0.1, -0.05) is 98.4 Å². The van der Waals surface area contributed by atoms with Crippen molar-refractivity contribution in [3.63, 3.8) is 0 Å². The van der Waals surface area contributed by atoms with E-state index in [2.05, 4.69) is 169 Å². The molecule has 3 aromatic carbocycles. The molecule has 1 aliphatic rings. The zero-order valence-corrected chi connectivity index (χ0v) is 62.1. The van der Waals surface area contributed by atoms with Crippen LogP contribution in [0.2, 0.25) is 0 Å². The number of thiol groups is 1. The summed E-state index contributed by atoms with van der Waals surface area (Å²) in [6.07, 6.45) is 2.75. The number of amides is 3. The van der Waals surface area contributed by atoms with Gasteiger partial charge in [0, 0.05) is 63.9 Å². The first-order valence-electron chi connectivity index (χ1n) is 29.3. The minimum absolute atomic E-state index is 0. The Morgan fingerprint density at radius 3 is 1.36 bits per heavy atom. The molecule has 1 aliphatic heterocycles. The van der Waals surface area contributed by atoms with Crippen LogP contribution in [0, 0.1) is 3.57 Å². The Hall–Kier alpha value is -6.58. The van der Waals surface area contributed by atoms with Crippen LogP contribution in [0.25, 0.3) is 49.1 Å². The van der Waals surface area contributed by atoms with E-state index in [0.29, 0.717) is 17.5 Å². The van der Waals surface area contributed by atoms with Gasteiger partial charge >= 0.3 is 50.2 Å². The topological polar surface area (TPSA) is 199 Å². The zero-order chi connectivity index (χ0) is 68.6. The number of anilines is 3. The van der Waals surface area contributed by atoms with Crippen molar-refractivity contribution < 1.29 is 43.7 Å².